The molecule has 18 heavy (non-hydrogen) atoms. The molecule has 0 spiro atoms. The molecule has 1 fully saturated rings. The van der Waals surface area contributed by atoms with Crippen molar-refractivity contribution < 1.29 is 22.6 Å². The second-order valence-electron chi connectivity index (χ2n) is 5.54. The Bertz CT molecular complexity index is 592. The van der Waals surface area contributed by atoms with Gasteiger partial charge in [0.05, 0.1) is 16.8 Å². The van der Waals surface area contributed by atoms with Crippen LogP contribution in [0.4, 0.5) is 0 Å². The summed E-state index contributed by atoms with van der Waals surface area (Å²) in [5, 5.41) is 13.6. The first kappa shape index (κ1) is 8.05. The van der Waals surface area contributed by atoms with Crippen LogP contribution in [-0.4, -0.2) is 23.4 Å². The lowest BCUT2D eigenvalue weighted by atomic mass is 9.75. The molecule has 5 heteroatoms. The summed E-state index contributed by atoms with van der Waals surface area (Å²) in [6, 6.07) is 0. The molecular weight excluding hydrogens is 247 g/mol. The van der Waals surface area contributed by atoms with Gasteiger partial charge in [-0.25, -0.2) is 0 Å². The number of thiophene rings is 1. The van der Waals surface area contributed by atoms with Crippen LogP contribution >= 0.6 is 11.3 Å². The van der Waals surface area contributed by atoms with Crippen LogP contribution < -0.4 is 5.46 Å². The van der Waals surface area contributed by atoms with E-state index in [1.165, 1.54) is 5.38 Å². The molecule has 0 radical (unpaired) electrons. The van der Waals surface area contributed by atoms with Crippen molar-refractivity contribution in [3.63, 3.8) is 0 Å². The van der Waals surface area contributed by atoms with Crippen molar-refractivity contribution in [2.45, 2.75) is 58.2 Å². The average molecular weight is 274 g/mol. The zero-order valence-corrected chi connectivity index (χ0v) is 11.7. The molecule has 0 amide bonds. The van der Waals surface area contributed by atoms with Gasteiger partial charge in [0.1, 0.15) is 0 Å². The molecule has 1 N–H and O–H groups in total. The molecule has 1 aliphatic rings. The molecule has 0 aliphatic carbocycles. The Labute approximate surface area is 122 Å². The predicted molar refractivity (Wildman–Crippen MR) is 75.3 cm³/mol. The summed E-state index contributed by atoms with van der Waals surface area (Å²) in [5.41, 5.74) is -4.32. The first-order valence-corrected chi connectivity index (χ1v) is 6.63. The third-order valence-electron chi connectivity index (χ3n) is 3.59. The maximum Gasteiger partial charge on any atom is 0.496 e. The molecule has 1 aliphatic heterocycles. The number of rotatable bonds is 2. The Hall–Kier alpha value is -0.355. The predicted octanol–water partition coefficient (Wildman–Crippen LogP) is 2.27. The zero-order valence-electron chi connectivity index (χ0n) is 16.9. The van der Waals surface area contributed by atoms with Gasteiger partial charge in [-0.05, 0) is 63.2 Å². The summed E-state index contributed by atoms with van der Waals surface area (Å²) >= 11 is 1.09. The van der Waals surface area contributed by atoms with Crippen LogP contribution in [0.15, 0.2) is 10.8 Å². The maximum absolute atomic E-state index is 10.7. The van der Waals surface area contributed by atoms with Gasteiger partial charge in [0, 0.05) is 8.22 Å². The molecule has 1 aromatic heterocycles. The molecular formula is C13H21BO3S. The highest BCUT2D eigenvalue weighted by molar-refractivity contribution is 7.09. The quantitative estimate of drug-likeness (QED) is 0.841. The summed E-state index contributed by atoms with van der Waals surface area (Å²) in [6.07, 6.45) is 0. The normalized spacial score (nSPS) is 28.8. The van der Waals surface area contributed by atoms with Crippen molar-refractivity contribution >= 4 is 23.9 Å². The highest BCUT2D eigenvalue weighted by Gasteiger charge is 2.52. The fourth-order valence-electron chi connectivity index (χ4n) is 1.75. The molecule has 100 valence electrons. The van der Waals surface area contributed by atoms with Crippen molar-refractivity contribution in [1.82, 2.24) is 0 Å². The van der Waals surface area contributed by atoms with Gasteiger partial charge in [0.2, 0.25) is 0 Å². The monoisotopic (exact) mass is 274 g/mol. The first-order chi connectivity index (χ1) is 10.5. The Morgan fingerprint density at radius 3 is 2.28 bits per heavy atom. The van der Waals surface area contributed by atoms with E-state index < -0.39 is 37.6 Å². The topological polar surface area (TPSA) is 38.7 Å². The van der Waals surface area contributed by atoms with Crippen molar-refractivity contribution in [2.75, 3.05) is 0 Å². The van der Waals surface area contributed by atoms with E-state index >= 15 is 0 Å². The van der Waals surface area contributed by atoms with Crippen LogP contribution in [0.1, 0.15) is 55.2 Å². The first-order valence-electron chi connectivity index (χ1n) is 8.69. The summed E-state index contributed by atoms with van der Waals surface area (Å²) in [6.45, 7) is 1.05. The second kappa shape index (κ2) is 4.07. The van der Waals surface area contributed by atoms with Gasteiger partial charge in [-0.2, -0.15) is 11.3 Å². The molecule has 2 heterocycles. The lowest BCUT2D eigenvalue weighted by Crippen LogP contribution is -2.41. The molecule has 0 unspecified atom stereocenters. The standard InChI is InChI=1S/C13H21BO3S/c1-11(2,15)9-7-18-8-10(9)14-16-12(3,4)13(5,6)17-14/h7-8,15H,1-6H3/i1D3,2D3. The van der Waals surface area contributed by atoms with E-state index in [-0.39, 0.29) is 11.0 Å². The third kappa shape index (κ3) is 2.25. The van der Waals surface area contributed by atoms with E-state index in [2.05, 4.69) is 0 Å². The van der Waals surface area contributed by atoms with Crippen molar-refractivity contribution in [1.29, 1.82) is 0 Å². The molecule has 0 bridgehead atoms. The van der Waals surface area contributed by atoms with Crippen LogP contribution in [0.25, 0.3) is 0 Å². The van der Waals surface area contributed by atoms with Crippen LogP contribution in [0.3, 0.4) is 0 Å². The van der Waals surface area contributed by atoms with Gasteiger partial charge in [0.25, 0.3) is 0 Å². The van der Waals surface area contributed by atoms with E-state index in [0.29, 0.717) is 0 Å². The summed E-state index contributed by atoms with van der Waals surface area (Å²) < 4.78 is 57.3. The third-order valence-corrected chi connectivity index (χ3v) is 4.35. The molecule has 2 rings (SSSR count). The van der Waals surface area contributed by atoms with Gasteiger partial charge in [-0.15, -0.1) is 0 Å². The molecule has 1 aromatic rings. The minimum Gasteiger partial charge on any atom is -0.399 e. The smallest absolute Gasteiger partial charge is 0.399 e. The molecule has 1 saturated heterocycles. The van der Waals surface area contributed by atoms with Gasteiger partial charge < -0.3 is 14.4 Å². The van der Waals surface area contributed by atoms with E-state index in [4.69, 9.17) is 17.5 Å². The van der Waals surface area contributed by atoms with Crippen molar-refractivity contribution in [3.05, 3.63) is 16.3 Å². The largest absolute Gasteiger partial charge is 0.496 e. The van der Waals surface area contributed by atoms with Gasteiger partial charge in [-0.3, -0.25) is 0 Å². The van der Waals surface area contributed by atoms with E-state index in [0.717, 1.165) is 11.3 Å². The van der Waals surface area contributed by atoms with Gasteiger partial charge >= 0.3 is 7.12 Å². The maximum atomic E-state index is 10.7. The SMILES string of the molecule is [2H]C([2H])([2H])C(O)(c1cscc1B1OC(C)(C)C(C)(C)O1)C([2H])([2H])[2H]. The van der Waals surface area contributed by atoms with Gasteiger partial charge in [-0.1, -0.05) is 0 Å². The van der Waals surface area contributed by atoms with Crippen LogP contribution in [-0.2, 0) is 14.9 Å². The molecule has 0 saturated carbocycles. The fourth-order valence-corrected chi connectivity index (χ4v) is 2.65. The lowest BCUT2D eigenvalue weighted by molar-refractivity contribution is 0.00578. The molecule has 0 atom stereocenters. The fraction of sp³-hybridized carbons (Fsp3) is 0.692. The summed E-state index contributed by atoms with van der Waals surface area (Å²) in [4.78, 5) is 0. The average Bonchev–Trinajstić information content (AvgIpc) is 2.89. The Morgan fingerprint density at radius 1 is 1.22 bits per heavy atom. The highest BCUT2D eigenvalue weighted by Crippen LogP contribution is 2.37. The number of hydrogen-bond acceptors (Lipinski definition) is 4. The molecule has 3 nitrogen and oxygen atoms in total. The van der Waals surface area contributed by atoms with Gasteiger partial charge in [0.15, 0.2) is 0 Å². The van der Waals surface area contributed by atoms with E-state index in [1.54, 1.807) is 5.38 Å². The van der Waals surface area contributed by atoms with Crippen LogP contribution in [0.2, 0.25) is 0 Å². The van der Waals surface area contributed by atoms with Crippen molar-refractivity contribution in [3.8, 4) is 0 Å². The number of hydrogen-bond donors (Lipinski definition) is 1. The van der Waals surface area contributed by atoms with E-state index in [9.17, 15) is 5.11 Å². The lowest BCUT2D eigenvalue weighted by Gasteiger charge is -2.32. The summed E-state index contributed by atoms with van der Waals surface area (Å²) in [5.74, 6) is 0. The Morgan fingerprint density at radius 2 is 1.78 bits per heavy atom. The minimum atomic E-state index is -3.14. The minimum absolute atomic E-state index is 0.203. The zero-order chi connectivity index (χ0) is 18.8. The Kier molecular flexibility index (Phi) is 1.82. The molecule has 0 aromatic carbocycles. The van der Waals surface area contributed by atoms with E-state index in [1.807, 2.05) is 27.7 Å². The number of aliphatic hydroxyl groups is 1. The summed E-state index contributed by atoms with van der Waals surface area (Å²) in [7, 11) is -0.951. The second-order valence-corrected chi connectivity index (χ2v) is 6.28. The van der Waals surface area contributed by atoms with Crippen LogP contribution in [0.5, 0.6) is 0 Å². The highest BCUT2D eigenvalue weighted by atomic mass is 32.1. The Balaban J connectivity index is 2.55. The van der Waals surface area contributed by atoms with Crippen molar-refractivity contribution in [2.24, 2.45) is 0 Å². The van der Waals surface area contributed by atoms with Crippen LogP contribution in [0, 0.1) is 0 Å².